The highest BCUT2D eigenvalue weighted by Gasteiger charge is 2.31. The van der Waals surface area contributed by atoms with E-state index in [-0.39, 0.29) is 12.2 Å². The van der Waals surface area contributed by atoms with E-state index in [0.29, 0.717) is 13.0 Å². The zero-order valence-electron chi connectivity index (χ0n) is 11.8. The number of para-hydroxylation sites is 1. The molecule has 0 saturated carbocycles. The van der Waals surface area contributed by atoms with Crippen LogP contribution in [0.4, 0.5) is 11.4 Å². The summed E-state index contributed by atoms with van der Waals surface area (Å²) >= 11 is 0. The van der Waals surface area contributed by atoms with Crippen LogP contribution in [0, 0.1) is 10.1 Å². The summed E-state index contributed by atoms with van der Waals surface area (Å²) in [5.74, 6) is 5.20. The fraction of sp³-hybridized carbons (Fsp3) is 0.455. The van der Waals surface area contributed by atoms with Gasteiger partial charge < -0.3 is 10.2 Å². The second-order valence-corrected chi connectivity index (χ2v) is 6.24. The number of hydrazine groups is 1. The Bertz CT molecular complexity index is 605. The van der Waals surface area contributed by atoms with Gasteiger partial charge in [0.15, 0.2) is 4.90 Å². The first-order chi connectivity index (χ1) is 9.86. The van der Waals surface area contributed by atoms with Crippen LogP contribution in [0.5, 0.6) is 0 Å². The molecule has 21 heavy (non-hydrogen) atoms. The van der Waals surface area contributed by atoms with Gasteiger partial charge in [-0.1, -0.05) is 6.07 Å². The van der Waals surface area contributed by atoms with Gasteiger partial charge in [-0.25, -0.2) is 12.7 Å². The SMILES string of the molecule is COCCCN(C)S(=O)(=O)c1cccc(NN)c1[N+](=O)[O-]. The van der Waals surface area contributed by atoms with Crippen LogP contribution in [0.2, 0.25) is 0 Å². The van der Waals surface area contributed by atoms with Crippen molar-refractivity contribution in [2.24, 2.45) is 5.84 Å². The van der Waals surface area contributed by atoms with E-state index in [0.717, 1.165) is 4.31 Å². The first kappa shape index (κ1) is 17.3. The number of anilines is 1. The van der Waals surface area contributed by atoms with Gasteiger partial charge in [-0.3, -0.25) is 16.0 Å². The third-order valence-electron chi connectivity index (χ3n) is 2.85. The lowest BCUT2D eigenvalue weighted by Crippen LogP contribution is -2.29. The van der Waals surface area contributed by atoms with Crippen LogP contribution in [-0.2, 0) is 14.8 Å². The van der Waals surface area contributed by atoms with Crippen molar-refractivity contribution >= 4 is 21.4 Å². The zero-order chi connectivity index (χ0) is 16.0. The number of hydrogen-bond acceptors (Lipinski definition) is 7. The lowest BCUT2D eigenvalue weighted by molar-refractivity contribution is -0.386. The Morgan fingerprint density at radius 1 is 1.48 bits per heavy atom. The zero-order valence-corrected chi connectivity index (χ0v) is 12.6. The van der Waals surface area contributed by atoms with Crippen LogP contribution < -0.4 is 11.3 Å². The fourth-order valence-electron chi connectivity index (χ4n) is 1.75. The van der Waals surface area contributed by atoms with E-state index in [1.807, 2.05) is 0 Å². The maximum atomic E-state index is 12.4. The molecule has 0 fully saturated rings. The predicted octanol–water partition coefficient (Wildman–Crippen LogP) is 0.537. The van der Waals surface area contributed by atoms with Crippen molar-refractivity contribution in [3.05, 3.63) is 28.3 Å². The minimum atomic E-state index is -3.99. The highest BCUT2D eigenvalue weighted by atomic mass is 32.2. The molecule has 1 aromatic carbocycles. The van der Waals surface area contributed by atoms with E-state index in [1.54, 1.807) is 0 Å². The smallest absolute Gasteiger partial charge is 0.313 e. The average molecular weight is 318 g/mol. The normalized spacial score (nSPS) is 11.6. The van der Waals surface area contributed by atoms with Crippen LogP contribution in [0.1, 0.15) is 6.42 Å². The maximum Gasteiger partial charge on any atom is 0.313 e. The Balaban J connectivity index is 3.22. The molecule has 0 saturated heterocycles. The van der Waals surface area contributed by atoms with Gasteiger partial charge in [0, 0.05) is 27.3 Å². The van der Waals surface area contributed by atoms with E-state index < -0.39 is 25.5 Å². The Hall–Kier alpha value is -1.75. The van der Waals surface area contributed by atoms with E-state index in [9.17, 15) is 18.5 Å². The van der Waals surface area contributed by atoms with E-state index >= 15 is 0 Å². The first-order valence-corrected chi connectivity index (χ1v) is 7.49. The third-order valence-corrected chi connectivity index (χ3v) is 4.74. The van der Waals surface area contributed by atoms with Crippen molar-refractivity contribution in [1.82, 2.24) is 4.31 Å². The number of rotatable bonds is 8. The first-order valence-electron chi connectivity index (χ1n) is 6.05. The van der Waals surface area contributed by atoms with Crippen molar-refractivity contribution in [3.8, 4) is 0 Å². The number of ether oxygens (including phenoxy) is 1. The van der Waals surface area contributed by atoms with Gasteiger partial charge >= 0.3 is 5.69 Å². The quantitative estimate of drug-likeness (QED) is 0.310. The van der Waals surface area contributed by atoms with Crippen LogP contribution >= 0.6 is 0 Å². The molecular formula is C11H18N4O5S. The minimum absolute atomic E-state index is 0.0635. The molecule has 9 nitrogen and oxygen atoms in total. The molecule has 3 N–H and O–H groups in total. The van der Waals surface area contributed by atoms with E-state index in [4.69, 9.17) is 10.6 Å². The summed E-state index contributed by atoms with van der Waals surface area (Å²) < 4.78 is 30.8. The second-order valence-electron chi connectivity index (χ2n) is 4.23. The Kier molecular flexibility index (Phi) is 6.03. The highest BCUT2D eigenvalue weighted by molar-refractivity contribution is 7.89. The summed E-state index contributed by atoms with van der Waals surface area (Å²) in [6.45, 7) is 0.583. The largest absolute Gasteiger partial charge is 0.385 e. The molecule has 0 unspecified atom stereocenters. The molecule has 0 atom stereocenters. The molecule has 0 heterocycles. The van der Waals surface area contributed by atoms with Crippen molar-refractivity contribution in [2.75, 3.05) is 32.7 Å². The number of benzene rings is 1. The van der Waals surface area contributed by atoms with Crippen LogP contribution in [0.25, 0.3) is 0 Å². The number of nitro benzene ring substituents is 1. The average Bonchev–Trinajstić information content (AvgIpc) is 2.46. The molecule has 1 rings (SSSR count). The summed E-state index contributed by atoms with van der Waals surface area (Å²) in [5, 5.41) is 11.1. The Labute approximate surface area is 122 Å². The number of hydrogen-bond donors (Lipinski definition) is 2. The van der Waals surface area contributed by atoms with Crippen molar-refractivity contribution in [1.29, 1.82) is 0 Å². The lowest BCUT2D eigenvalue weighted by Gasteiger charge is -2.17. The van der Waals surface area contributed by atoms with Crippen molar-refractivity contribution in [2.45, 2.75) is 11.3 Å². The second kappa shape index (κ2) is 7.31. The molecule has 0 aliphatic carbocycles. The van der Waals surface area contributed by atoms with Gasteiger partial charge in [-0.05, 0) is 18.6 Å². The Morgan fingerprint density at radius 2 is 2.14 bits per heavy atom. The van der Waals surface area contributed by atoms with Gasteiger partial charge in [0.25, 0.3) is 0 Å². The third kappa shape index (κ3) is 3.88. The maximum absolute atomic E-state index is 12.4. The highest BCUT2D eigenvalue weighted by Crippen LogP contribution is 2.32. The van der Waals surface area contributed by atoms with Gasteiger partial charge in [0.05, 0.1) is 4.92 Å². The van der Waals surface area contributed by atoms with Gasteiger partial charge in [-0.15, -0.1) is 0 Å². The number of nitrogens with two attached hydrogens (primary N) is 1. The molecule has 0 radical (unpaired) electrons. The minimum Gasteiger partial charge on any atom is -0.385 e. The molecule has 0 aliphatic rings. The van der Waals surface area contributed by atoms with E-state index in [2.05, 4.69) is 5.43 Å². The number of nitrogens with one attached hydrogen (secondary N) is 1. The molecule has 0 aliphatic heterocycles. The monoisotopic (exact) mass is 318 g/mol. The lowest BCUT2D eigenvalue weighted by atomic mass is 10.3. The van der Waals surface area contributed by atoms with Gasteiger partial charge in [-0.2, -0.15) is 0 Å². The molecule has 10 heteroatoms. The van der Waals surface area contributed by atoms with Crippen LogP contribution in [-0.4, -0.2) is 45.0 Å². The summed E-state index contributed by atoms with van der Waals surface area (Å²) in [7, 11) is -1.12. The molecule has 118 valence electrons. The summed E-state index contributed by atoms with van der Waals surface area (Å²) in [4.78, 5) is 9.97. The number of nitrogen functional groups attached to an aromatic ring is 1. The molecule has 0 aromatic heterocycles. The Morgan fingerprint density at radius 3 is 2.67 bits per heavy atom. The predicted molar refractivity (Wildman–Crippen MR) is 77.2 cm³/mol. The standard InChI is InChI=1S/C11H18N4O5S/c1-14(7-4-8-20-2)21(18,19)10-6-3-5-9(13-12)11(10)15(16)17/h3,5-6,13H,4,7-8,12H2,1-2H3. The molecular weight excluding hydrogens is 300 g/mol. The van der Waals surface area contributed by atoms with Crippen LogP contribution in [0.15, 0.2) is 23.1 Å². The molecule has 0 spiro atoms. The topological polar surface area (TPSA) is 128 Å². The number of nitro groups is 1. The number of sulfonamides is 1. The number of nitrogens with zero attached hydrogens (tertiary/aromatic N) is 2. The van der Waals surface area contributed by atoms with Crippen molar-refractivity contribution < 1.29 is 18.1 Å². The fourth-order valence-corrected chi connectivity index (χ4v) is 3.14. The van der Waals surface area contributed by atoms with Gasteiger partial charge in [0.2, 0.25) is 10.0 Å². The van der Waals surface area contributed by atoms with Gasteiger partial charge in [0.1, 0.15) is 5.69 Å². The van der Waals surface area contributed by atoms with Crippen molar-refractivity contribution in [3.63, 3.8) is 0 Å². The van der Waals surface area contributed by atoms with E-state index in [1.165, 1.54) is 32.4 Å². The summed E-state index contributed by atoms with van der Waals surface area (Å²) in [5.41, 5.74) is 1.50. The molecule has 0 bridgehead atoms. The molecule has 0 amide bonds. The molecule has 1 aromatic rings. The summed E-state index contributed by atoms with van der Waals surface area (Å²) in [6, 6.07) is 3.90. The number of methoxy groups -OCH3 is 1. The summed E-state index contributed by atoms with van der Waals surface area (Å²) in [6.07, 6.45) is 0.481. The van der Waals surface area contributed by atoms with Crippen LogP contribution in [0.3, 0.4) is 0 Å².